The number of hydrogen-bond acceptors (Lipinski definition) is 4. The van der Waals surface area contributed by atoms with E-state index in [0.29, 0.717) is 11.1 Å². The van der Waals surface area contributed by atoms with Crippen molar-refractivity contribution in [1.82, 2.24) is 5.43 Å². The molecule has 1 amide bonds. The predicted molar refractivity (Wildman–Crippen MR) is 88.8 cm³/mol. The number of aromatic hydroxyl groups is 2. The molecule has 0 unspecified atom stereocenters. The molecule has 0 aromatic heterocycles. The normalized spacial score (nSPS) is 11.0. The van der Waals surface area contributed by atoms with Crippen LogP contribution in [0.3, 0.4) is 0 Å². The molecule has 3 N–H and O–H groups in total. The molecule has 0 aliphatic heterocycles. The standard InChI is InChI=1S/C18H14N2O3/c21-16-8-5-12(9-17(16)22)11-19-20-18(23)15-7-6-13-3-1-2-4-14(13)10-15/h1-11,21-22H,(H,20,23)/b19-11-. The Morgan fingerprint density at radius 3 is 2.48 bits per heavy atom. The first-order valence-electron chi connectivity index (χ1n) is 6.98. The van der Waals surface area contributed by atoms with Gasteiger partial charge >= 0.3 is 0 Å². The van der Waals surface area contributed by atoms with Gasteiger partial charge in [0.2, 0.25) is 0 Å². The lowest BCUT2D eigenvalue weighted by Crippen LogP contribution is -2.17. The van der Waals surface area contributed by atoms with Gasteiger partial charge in [0.1, 0.15) is 0 Å². The number of hydrogen-bond donors (Lipinski definition) is 3. The minimum Gasteiger partial charge on any atom is -0.504 e. The van der Waals surface area contributed by atoms with Crippen molar-refractivity contribution < 1.29 is 15.0 Å². The fraction of sp³-hybridized carbons (Fsp3) is 0. The predicted octanol–water partition coefficient (Wildman–Crippen LogP) is 3.01. The number of phenols is 2. The van der Waals surface area contributed by atoms with Crippen LogP contribution in [0.2, 0.25) is 0 Å². The molecule has 0 atom stereocenters. The maximum absolute atomic E-state index is 12.1. The molecule has 3 rings (SSSR count). The number of rotatable bonds is 3. The van der Waals surface area contributed by atoms with E-state index < -0.39 is 0 Å². The topological polar surface area (TPSA) is 81.9 Å². The van der Waals surface area contributed by atoms with Crippen LogP contribution in [0.25, 0.3) is 10.8 Å². The first-order valence-corrected chi connectivity index (χ1v) is 6.98. The van der Waals surface area contributed by atoms with E-state index in [0.717, 1.165) is 10.8 Å². The lowest BCUT2D eigenvalue weighted by Gasteiger charge is -2.02. The van der Waals surface area contributed by atoms with Crippen LogP contribution >= 0.6 is 0 Å². The minimum absolute atomic E-state index is 0.206. The summed E-state index contributed by atoms with van der Waals surface area (Å²) in [5.74, 6) is -0.771. The Morgan fingerprint density at radius 1 is 0.913 bits per heavy atom. The van der Waals surface area contributed by atoms with Crippen LogP contribution in [-0.2, 0) is 0 Å². The number of phenolic OH excluding ortho intramolecular Hbond substituents is 2. The second-order valence-corrected chi connectivity index (χ2v) is 5.01. The van der Waals surface area contributed by atoms with E-state index in [1.54, 1.807) is 18.2 Å². The van der Waals surface area contributed by atoms with Crippen LogP contribution in [-0.4, -0.2) is 22.3 Å². The van der Waals surface area contributed by atoms with Crippen LogP contribution in [0.15, 0.2) is 65.8 Å². The average molecular weight is 306 g/mol. The molecule has 3 aromatic carbocycles. The van der Waals surface area contributed by atoms with E-state index >= 15 is 0 Å². The molecular weight excluding hydrogens is 292 g/mol. The van der Waals surface area contributed by atoms with Crippen molar-refractivity contribution >= 4 is 22.9 Å². The van der Waals surface area contributed by atoms with Gasteiger partial charge in [-0.2, -0.15) is 5.10 Å². The summed E-state index contributed by atoms with van der Waals surface area (Å²) in [5, 5.41) is 24.5. The van der Waals surface area contributed by atoms with E-state index in [1.165, 1.54) is 18.3 Å². The molecule has 0 radical (unpaired) electrons. The van der Waals surface area contributed by atoms with Crippen LogP contribution in [0.5, 0.6) is 11.5 Å². The Balaban J connectivity index is 1.72. The van der Waals surface area contributed by atoms with Gasteiger partial charge in [0.05, 0.1) is 6.21 Å². The molecule has 0 fully saturated rings. The van der Waals surface area contributed by atoms with Gasteiger partial charge in [0, 0.05) is 5.56 Å². The Labute approximate surface area is 132 Å². The van der Waals surface area contributed by atoms with Crippen molar-refractivity contribution in [3.05, 3.63) is 71.8 Å². The lowest BCUT2D eigenvalue weighted by atomic mass is 10.1. The molecule has 3 aromatic rings. The molecule has 5 nitrogen and oxygen atoms in total. The number of carbonyl (C=O) groups excluding carboxylic acids is 1. The highest BCUT2D eigenvalue weighted by Crippen LogP contribution is 2.24. The zero-order valence-corrected chi connectivity index (χ0v) is 12.1. The van der Waals surface area contributed by atoms with E-state index in [9.17, 15) is 15.0 Å². The molecule has 0 saturated heterocycles. The van der Waals surface area contributed by atoms with E-state index in [4.69, 9.17) is 0 Å². The second-order valence-electron chi connectivity index (χ2n) is 5.01. The summed E-state index contributed by atoms with van der Waals surface area (Å²) in [5.41, 5.74) is 3.50. The van der Waals surface area contributed by atoms with Gasteiger partial charge in [-0.1, -0.05) is 30.3 Å². The highest BCUT2D eigenvalue weighted by Gasteiger charge is 2.05. The maximum atomic E-state index is 12.1. The highest BCUT2D eigenvalue weighted by atomic mass is 16.3. The van der Waals surface area contributed by atoms with Crippen molar-refractivity contribution in [3.8, 4) is 11.5 Å². The van der Waals surface area contributed by atoms with Crippen molar-refractivity contribution in [1.29, 1.82) is 0 Å². The van der Waals surface area contributed by atoms with Gasteiger partial charge in [-0.05, 0) is 46.7 Å². The molecule has 0 bridgehead atoms. The largest absolute Gasteiger partial charge is 0.504 e. The van der Waals surface area contributed by atoms with Crippen LogP contribution in [0.4, 0.5) is 0 Å². The summed E-state index contributed by atoms with van der Waals surface area (Å²) < 4.78 is 0. The summed E-state index contributed by atoms with van der Waals surface area (Å²) in [4.78, 5) is 12.1. The molecule has 5 heteroatoms. The number of carbonyl (C=O) groups is 1. The Hall–Kier alpha value is -3.34. The Bertz CT molecular complexity index is 904. The van der Waals surface area contributed by atoms with Gasteiger partial charge in [-0.25, -0.2) is 5.43 Å². The molecule has 0 aliphatic carbocycles. The zero-order valence-electron chi connectivity index (χ0n) is 12.1. The van der Waals surface area contributed by atoms with E-state index in [-0.39, 0.29) is 17.4 Å². The van der Waals surface area contributed by atoms with Crippen molar-refractivity contribution in [2.75, 3.05) is 0 Å². The van der Waals surface area contributed by atoms with Crippen molar-refractivity contribution in [2.45, 2.75) is 0 Å². The number of hydrazone groups is 1. The van der Waals surface area contributed by atoms with Gasteiger partial charge in [0.15, 0.2) is 11.5 Å². The number of fused-ring (bicyclic) bond motifs is 1. The fourth-order valence-corrected chi connectivity index (χ4v) is 2.18. The van der Waals surface area contributed by atoms with Crippen molar-refractivity contribution in [3.63, 3.8) is 0 Å². The molecular formula is C18H14N2O3. The number of benzene rings is 3. The highest BCUT2D eigenvalue weighted by molar-refractivity contribution is 5.99. The number of amides is 1. The smallest absolute Gasteiger partial charge is 0.271 e. The third kappa shape index (κ3) is 3.29. The third-order valence-electron chi connectivity index (χ3n) is 3.39. The molecule has 23 heavy (non-hydrogen) atoms. The Morgan fingerprint density at radius 2 is 1.70 bits per heavy atom. The van der Waals surface area contributed by atoms with Gasteiger partial charge in [0.25, 0.3) is 5.91 Å². The zero-order chi connectivity index (χ0) is 16.2. The van der Waals surface area contributed by atoms with Crippen LogP contribution < -0.4 is 5.43 Å². The molecule has 0 aliphatic rings. The summed E-state index contributed by atoms with van der Waals surface area (Å²) in [6.45, 7) is 0. The summed E-state index contributed by atoms with van der Waals surface area (Å²) in [7, 11) is 0. The quantitative estimate of drug-likeness (QED) is 0.395. The maximum Gasteiger partial charge on any atom is 0.271 e. The summed E-state index contributed by atoms with van der Waals surface area (Å²) in [6.07, 6.45) is 1.39. The lowest BCUT2D eigenvalue weighted by molar-refractivity contribution is 0.0955. The van der Waals surface area contributed by atoms with Crippen molar-refractivity contribution in [2.24, 2.45) is 5.10 Å². The molecule has 0 heterocycles. The third-order valence-corrected chi connectivity index (χ3v) is 3.39. The SMILES string of the molecule is O=C(N/N=C\c1ccc(O)c(O)c1)c1ccc2ccccc2c1. The summed E-state index contributed by atoms with van der Waals surface area (Å²) >= 11 is 0. The number of nitrogens with zero attached hydrogens (tertiary/aromatic N) is 1. The minimum atomic E-state index is -0.324. The second kappa shape index (κ2) is 6.19. The van der Waals surface area contributed by atoms with Crippen LogP contribution in [0.1, 0.15) is 15.9 Å². The van der Waals surface area contributed by atoms with E-state index in [1.807, 2.05) is 30.3 Å². The number of nitrogens with one attached hydrogen (secondary N) is 1. The first kappa shape index (κ1) is 14.6. The Kier molecular flexibility index (Phi) is 3.93. The average Bonchev–Trinajstić information content (AvgIpc) is 2.57. The van der Waals surface area contributed by atoms with Gasteiger partial charge in [-0.15, -0.1) is 0 Å². The monoisotopic (exact) mass is 306 g/mol. The molecule has 114 valence electrons. The van der Waals surface area contributed by atoms with Crippen LogP contribution in [0, 0.1) is 0 Å². The van der Waals surface area contributed by atoms with Gasteiger partial charge in [-0.3, -0.25) is 4.79 Å². The summed E-state index contributed by atoms with van der Waals surface area (Å²) in [6, 6.07) is 17.5. The molecule has 0 saturated carbocycles. The van der Waals surface area contributed by atoms with Gasteiger partial charge < -0.3 is 10.2 Å². The first-order chi connectivity index (χ1) is 11.1. The molecule has 0 spiro atoms. The fourth-order valence-electron chi connectivity index (χ4n) is 2.18. The van der Waals surface area contributed by atoms with E-state index in [2.05, 4.69) is 10.5 Å².